The molecule has 1 N–H and O–H groups in total. The second-order valence-corrected chi connectivity index (χ2v) is 8.50. The summed E-state index contributed by atoms with van der Waals surface area (Å²) in [5.74, 6) is 1.37. The van der Waals surface area contributed by atoms with E-state index in [1.54, 1.807) is 18.9 Å². The van der Waals surface area contributed by atoms with Crippen LogP contribution in [0.1, 0.15) is 38.2 Å². The molecule has 1 aromatic rings. The van der Waals surface area contributed by atoms with Gasteiger partial charge in [-0.15, -0.1) is 0 Å². The van der Waals surface area contributed by atoms with Crippen molar-refractivity contribution >= 4 is 22.8 Å². The van der Waals surface area contributed by atoms with E-state index in [0.717, 1.165) is 28.7 Å². The lowest BCUT2D eigenvalue weighted by Gasteiger charge is -2.50. The van der Waals surface area contributed by atoms with Crippen molar-refractivity contribution in [1.29, 1.82) is 0 Å². The smallest absolute Gasteiger partial charge is 0.230 e. The molecule has 6 nitrogen and oxygen atoms in total. The van der Waals surface area contributed by atoms with Gasteiger partial charge in [-0.05, 0) is 43.4 Å². The van der Waals surface area contributed by atoms with Crippen LogP contribution in [-0.4, -0.2) is 53.0 Å². The van der Waals surface area contributed by atoms with E-state index in [9.17, 15) is 9.18 Å². The Bertz CT molecular complexity index is 761. The van der Waals surface area contributed by atoms with Crippen LogP contribution in [0.25, 0.3) is 0 Å². The molecule has 4 unspecified atom stereocenters. The molecule has 152 valence electrons. The first-order valence-corrected chi connectivity index (χ1v) is 10.9. The van der Waals surface area contributed by atoms with Crippen molar-refractivity contribution in [3.63, 3.8) is 0 Å². The summed E-state index contributed by atoms with van der Waals surface area (Å²) in [6.07, 6.45) is 1.25. The van der Waals surface area contributed by atoms with Crippen LogP contribution in [0.2, 0.25) is 0 Å². The highest BCUT2D eigenvalue weighted by Gasteiger charge is 2.52. The van der Waals surface area contributed by atoms with Crippen LogP contribution in [0.4, 0.5) is 4.39 Å². The summed E-state index contributed by atoms with van der Waals surface area (Å²) in [6.45, 7) is 2.70. The van der Waals surface area contributed by atoms with Crippen LogP contribution in [0.5, 0.6) is 5.75 Å². The van der Waals surface area contributed by atoms with Gasteiger partial charge < -0.3 is 14.5 Å². The number of thioether (sulfide) groups is 1. The van der Waals surface area contributed by atoms with Gasteiger partial charge in [0.15, 0.2) is 11.5 Å². The summed E-state index contributed by atoms with van der Waals surface area (Å²) >= 11 is 1.65. The number of hydrazone groups is 1. The molecule has 0 radical (unpaired) electrons. The number of hydrogen-bond acceptors (Lipinski definition) is 6. The molecular weight excluding hydrogens is 379 g/mol. The number of nitrogens with one attached hydrogen (secondary N) is 1. The Morgan fingerprint density at radius 1 is 1.39 bits per heavy atom. The number of fused-ring (bicyclic) bond motifs is 3. The lowest BCUT2D eigenvalue weighted by atomic mass is 9.80. The van der Waals surface area contributed by atoms with E-state index in [4.69, 9.17) is 4.74 Å². The highest BCUT2D eigenvalue weighted by Crippen LogP contribution is 2.40. The molecule has 2 aliphatic heterocycles. The van der Waals surface area contributed by atoms with Gasteiger partial charge in [-0.25, -0.2) is 4.39 Å². The molecule has 3 aliphatic rings. The first-order chi connectivity index (χ1) is 13.6. The lowest BCUT2D eigenvalue weighted by Crippen LogP contribution is -2.67. The SMILES string of the molecule is CCCN1C(=O)C2CC(F)CCC2N2C(SCc3cccc(OC)c3)=NNC12. The fourth-order valence-corrected chi connectivity index (χ4v) is 5.38. The molecule has 0 spiro atoms. The summed E-state index contributed by atoms with van der Waals surface area (Å²) in [5.41, 5.74) is 4.31. The van der Waals surface area contributed by atoms with Crippen LogP contribution in [0.3, 0.4) is 0 Å². The lowest BCUT2D eigenvalue weighted by molar-refractivity contribution is -0.156. The normalized spacial score (nSPS) is 29.1. The van der Waals surface area contributed by atoms with Gasteiger partial charge >= 0.3 is 0 Å². The van der Waals surface area contributed by atoms with Gasteiger partial charge in [0.2, 0.25) is 5.91 Å². The van der Waals surface area contributed by atoms with Gasteiger partial charge in [-0.2, -0.15) is 5.10 Å². The van der Waals surface area contributed by atoms with E-state index >= 15 is 0 Å². The molecule has 4 atom stereocenters. The minimum atomic E-state index is -0.884. The zero-order chi connectivity index (χ0) is 19.7. The maximum absolute atomic E-state index is 14.1. The number of rotatable bonds is 5. The second kappa shape index (κ2) is 8.19. The number of halogens is 1. The van der Waals surface area contributed by atoms with Gasteiger partial charge in [-0.1, -0.05) is 30.8 Å². The molecule has 8 heteroatoms. The van der Waals surface area contributed by atoms with Crippen molar-refractivity contribution in [3.05, 3.63) is 29.8 Å². The third kappa shape index (κ3) is 3.54. The highest BCUT2D eigenvalue weighted by molar-refractivity contribution is 8.13. The van der Waals surface area contributed by atoms with Crippen LogP contribution in [0.15, 0.2) is 29.4 Å². The number of amidine groups is 1. The topological polar surface area (TPSA) is 57.2 Å². The summed E-state index contributed by atoms with van der Waals surface area (Å²) in [6, 6.07) is 8.01. The molecule has 28 heavy (non-hydrogen) atoms. The minimum absolute atomic E-state index is 0.0177. The standard InChI is InChI=1S/C20H27FN4O2S/c1-3-9-24-18(26)16-11-14(21)7-8-17(16)25-19(24)22-23-20(25)28-12-13-5-4-6-15(10-13)27-2/h4-6,10,14,16-17,19,22H,3,7-9,11-12H2,1-2H3. The quantitative estimate of drug-likeness (QED) is 0.814. The number of amides is 1. The molecular formula is C20H27FN4O2S. The van der Waals surface area contributed by atoms with E-state index < -0.39 is 6.17 Å². The third-order valence-corrected chi connectivity index (χ3v) is 6.77. The molecule has 1 aromatic carbocycles. The van der Waals surface area contributed by atoms with Crippen LogP contribution in [-0.2, 0) is 10.5 Å². The summed E-state index contributed by atoms with van der Waals surface area (Å²) in [7, 11) is 1.66. The number of carbonyl (C=O) groups is 1. The molecule has 0 aromatic heterocycles. The summed E-state index contributed by atoms with van der Waals surface area (Å²) in [5, 5.41) is 5.43. The van der Waals surface area contributed by atoms with Crippen molar-refractivity contribution < 1.29 is 13.9 Å². The highest BCUT2D eigenvalue weighted by atomic mass is 32.2. The number of ether oxygens (including phenoxy) is 1. The Labute approximate surface area is 169 Å². The molecule has 2 fully saturated rings. The number of carbonyl (C=O) groups excluding carboxylic acids is 1. The Morgan fingerprint density at radius 3 is 3.04 bits per heavy atom. The van der Waals surface area contributed by atoms with E-state index in [1.807, 2.05) is 23.1 Å². The average molecular weight is 407 g/mol. The number of hydrogen-bond donors (Lipinski definition) is 1. The van der Waals surface area contributed by atoms with Crippen molar-refractivity contribution in [2.45, 2.75) is 56.9 Å². The number of methoxy groups -OCH3 is 1. The molecule has 1 aliphatic carbocycles. The van der Waals surface area contributed by atoms with Crippen molar-refractivity contribution in [2.75, 3.05) is 13.7 Å². The number of alkyl halides is 1. The van der Waals surface area contributed by atoms with Gasteiger partial charge in [0.05, 0.1) is 13.0 Å². The summed E-state index contributed by atoms with van der Waals surface area (Å²) in [4.78, 5) is 17.1. The Kier molecular flexibility index (Phi) is 5.66. The fraction of sp³-hybridized carbons (Fsp3) is 0.600. The Hall–Kier alpha value is -1.96. The molecule has 4 rings (SSSR count). The molecule has 1 saturated carbocycles. The fourth-order valence-electron chi connectivity index (χ4n) is 4.41. The van der Waals surface area contributed by atoms with Crippen molar-refractivity contribution in [3.8, 4) is 5.75 Å². The van der Waals surface area contributed by atoms with Gasteiger partial charge in [0.1, 0.15) is 11.9 Å². The molecule has 2 heterocycles. The van der Waals surface area contributed by atoms with E-state index in [2.05, 4.69) is 28.4 Å². The zero-order valence-corrected chi connectivity index (χ0v) is 17.1. The molecule has 1 saturated heterocycles. The van der Waals surface area contributed by atoms with Crippen LogP contribution >= 0.6 is 11.8 Å². The van der Waals surface area contributed by atoms with Crippen molar-refractivity contribution in [1.82, 2.24) is 15.2 Å². The maximum Gasteiger partial charge on any atom is 0.230 e. The maximum atomic E-state index is 14.1. The summed E-state index contributed by atoms with van der Waals surface area (Å²) < 4.78 is 19.4. The second-order valence-electron chi connectivity index (χ2n) is 7.56. The Balaban J connectivity index is 1.53. The van der Waals surface area contributed by atoms with E-state index in [1.165, 1.54) is 0 Å². The first-order valence-electron chi connectivity index (χ1n) is 9.94. The minimum Gasteiger partial charge on any atom is -0.497 e. The Morgan fingerprint density at radius 2 is 2.25 bits per heavy atom. The monoisotopic (exact) mass is 406 g/mol. The van der Waals surface area contributed by atoms with E-state index in [0.29, 0.717) is 25.8 Å². The van der Waals surface area contributed by atoms with Crippen LogP contribution in [0, 0.1) is 5.92 Å². The largest absolute Gasteiger partial charge is 0.497 e. The number of nitrogens with zero attached hydrogens (tertiary/aromatic N) is 3. The predicted molar refractivity (Wildman–Crippen MR) is 109 cm³/mol. The first kappa shape index (κ1) is 19.4. The average Bonchev–Trinajstić information content (AvgIpc) is 3.13. The predicted octanol–water partition coefficient (Wildman–Crippen LogP) is 3.15. The molecule has 0 bridgehead atoms. The van der Waals surface area contributed by atoms with Gasteiger partial charge in [0.25, 0.3) is 0 Å². The molecule has 1 amide bonds. The van der Waals surface area contributed by atoms with Crippen LogP contribution < -0.4 is 10.2 Å². The van der Waals surface area contributed by atoms with Crippen molar-refractivity contribution in [2.24, 2.45) is 11.0 Å². The third-order valence-electron chi connectivity index (χ3n) is 5.73. The van der Waals surface area contributed by atoms with Gasteiger partial charge in [-0.3, -0.25) is 10.2 Å². The number of benzene rings is 1. The zero-order valence-electron chi connectivity index (χ0n) is 16.3. The van der Waals surface area contributed by atoms with Gasteiger partial charge in [0, 0.05) is 18.3 Å². The van der Waals surface area contributed by atoms with E-state index in [-0.39, 0.29) is 24.2 Å².